The highest BCUT2D eigenvalue weighted by atomic mass is 32.1. The van der Waals surface area contributed by atoms with E-state index in [0.717, 1.165) is 18.7 Å². The van der Waals surface area contributed by atoms with Crippen molar-refractivity contribution in [1.82, 2.24) is 9.36 Å². The van der Waals surface area contributed by atoms with E-state index in [1.54, 1.807) is 0 Å². The molecule has 1 saturated carbocycles. The van der Waals surface area contributed by atoms with Crippen molar-refractivity contribution in [2.75, 3.05) is 12.3 Å². The summed E-state index contributed by atoms with van der Waals surface area (Å²) in [6, 6.07) is 0. The normalized spacial score (nSPS) is 20.6. The Morgan fingerprint density at radius 1 is 1.31 bits per heavy atom. The maximum absolute atomic E-state index is 5.98. The monoisotopic (exact) mass is 241 g/mol. The minimum absolute atomic E-state index is 0.265. The average Bonchev–Trinajstić information content (AvgIpc) is 2.57. The molecule has 0 aromatic carbocycles. The number of aromatic nitrogens is 2. The van der Waals surface area contributed by atoms with Gasteiger partial charge in [-0.2, -0.15) is 4.37 Å². The van der Waals surface area contributed by atoms with Crippen LogP contribution in [0.25, 0.3) is 0 Å². The summed E-state index contributed by atoms with van der Waals surface area (Å²) in [5, 5.41) is 0.540. The van der Waals surface area contributed by atoms with Crippen molar-refractivity contribution in [2.45, 2.75) is 51.0 Å². The van der Waals surface area contributed by atoms with E-state index in [1.165, 1.54) is 37.2 Å². The van der Waals surface area contributed by atoms with Gasteiger partial charge in [-0.1, -0.05) is 25.7 Å². The van der Waals surface area contributed by atoms with Crippen LogP contribution in [0.3, 0.4) is 0 Å². The molecular weight excluding hydrogens is 222 g/mol. The third kappa shape index (κ3) is 2.35. The number of ether oxygens (including phenoxy) is 1. The lowest BCUT2D eigenvalue weighted by Gasteiger charge is -2.29. The maximum Gasteiger partial charge on any atom is 0.200 e. The molecule has 4 nitrogen and oxygen atoms in total. The zero-order valence-corrected chi connectivity index (χ0v) is 10.6. The molecule has 90 valence electrons. The van der Waals surface area contributed by atoms with Gasteiger partial charge in [0.1, 0.15) is 5.60 Å². The molecule has 0 unspecified atom stereocenters. The third-order valence-corrected chi connectivity index (χ3v) is 3.72. The lowest BCUT2D eigenvalue weighted by molar-refractivity contribution is -0.0615. The summed E-state index contributed by atoms with van der Waals surface area (Å²) in [4.78, 5) is 4.33. The molecule has 2 N–H and O–H groups in total. The lowest BCUT2D eigenvalue weighted by Crippen LogP contribution is -2.30. The summed E-state index contributed by atoms with van der Waals surface area (Å²) in [5.74, 6) is 0.804. The topological polar surface area (TPSA) is 61.0 Å². The molecule has 1 fully saturated rings. The fourth-order valence-corrected chi connectivity index (χ4v) is 2.94. The van der Waals surface area contributed by atoms with E-state index in [1.807, 2.05) is 6.92 Å². The van der Waals surface area contributed by atoms with Gasteiger partial charge in [-0.3, -0.25) is 0 Å². The van der Waals surface area contributed by atoms with Crippen molar-refractivity contribution in [3.63, 3.8) is 0 Å². The Bertz CT molecular complexity index is 332. The predicted molar refractivity (Wildman–Crippen MR) is 65.3 cm³/mol. The number of hydrogen-bond acceptors (Lipinski definition) is 5. The first-order valence-corrected chi connectivity index (χ1v) is 6.78. The highest BCUT2D eigenvalue weighted by Gasteiger charge is 2.37. The molecular formula is C11H19N3OS. The first kappa shape index (κ1) is 11.8. The molecule has 0 spiro atoms. The number of nitrogens with zero attached hydrogens (tertiary/aromatic N) is 2. The Kier molecular flexibility index (Phi) is 3.76. The van der Waals surface area contributed by atoms with Gasteiger partial charge in [0.05, 0.1) is 0 Å². The van der Waals surface area contributed by atoms with Crippen LogP contribution in [0.2, 0.25) is 0 Å². The van der Waals surface area contributed by atoms with E-state index in [9.17, 15) is 0 Å². The van der Waals surface area contributed by atoms with Gasteiger partial charge < -0.3 is 10.5 Å². The molecule has 0 radical (unpaired) electrons. The second kappa shape index (κ2) is 5.10. The van der Waals surface area contributed by atoms with E-state index in [2.05, 4.69) is 9.36 Å². The van der Waals surface area contributed by atoms with Crippen molar-refractivity contribution in [1.29, 1.82) is 0 Å². The molecule has 0 aliphatic heterocycles. The van der Waals surface area contributed by atoms with Crippen LogP contribution in [0.1, 0.15) is 51.3 Å². The molecule has 0 amide bonds. The van der Waals surface area contributed by atoms with Crippen LogP contribution in [0, 0.1) is 0 Å². The molecule has 16 heavy (non-hydrogen) atoms. The Labute approximate surface area is 100 Å². The van der Waals surface area contributed by atoms with Gasteiger partial charge in [0.15, 0.2) is 11.0 Å². The smallest absolute Gasteiger partial charge is 0.200 e. The molecule has 1 aromatic heterocycles. The number of anilines is 1. The first-order valence-electron chi connectivity index (χ1n) is 6.00. The molecule has 0 saturated heterocycles. The zero-order valence-electron chi connectivity index (χ0n) is 9.74. The molecule has 5 heteroatoms. The van der Waals surface area contributed by atoms with Crippen molar-refractivity contribution in [2.24, 2.45) is 0 Å². The summed E-state index contributed by atoms with van der Waals surface area (Å²) in [6.45, 7) is 2.74. The van der Waals surface area contributed by atoms with Gasteiger partial charge in [-0.15, -0.1) is 0 Å². The molecule has 1 aliphatic carbocycles. The minimum atomic E-state index is -0.265. The molecule has 1 heterocycles. The van der Waals surface area contributed by atoms with E-state index in [0.29, 0.717) is 11.7 Å². The van der Waals surface area contributed by atoms with Crippen LogP contribution < -0.4 is 5.73 Å². The summed E-state index contributed by atoms with van der Waals surface area (Å²) in [5.41, 5.74) is 5.40. The SMILES string of the molecule is CCOC1(c2nsc(N)n2)CCCCCC1. The Balaban J connectivity index is 2.25. The van der Waals surface area contributed by atoms with Crippen LogP contribution in [0.5, 0.6) is 0 Å². The van der Waals surface area contributed by atoms with Gasteiger partial charge in [-0.25, -0.2) is 4.98 Å². The summed E-state index contributed by atoms with van der Waals surface area (Å²) < 4.78 is 10.3. The number of nitrogen functional groups attached to an aromatic ring is 1. The van der Waals surface area contributed by atoms with Crippen molar-refractivity contribution >= 4 is 16.7 Å². The highest BCUT2D eigenvalue weighted by molar-refractivity contribution is 7.09. The van der Waals surface area contributed by atoms with Crippen molar-refractivity contribution in [3.05, 3.63) is 5.82 Å². The number of rotatable bonds is 3. The summed E-state index contributed by atoms with van der Waals surface area (Å²) in [7, 11) is 0. The number of nitrogens with two attached hydrogens (primary N) is 1. The zero-order chi connectivity index (χ0) is 11.4. The Hall–Kier alpha value is -0.680. The summed E-state index contributed by atoms with van der Waals surface area (Å²) in [6.07, 6.45) is 7.01. The van der Waals surface area contributed by atoms with Gasteiger partial charge in [0.25, 0.3) is 0 Å². The largest absolute Gasteiger partial charge is 0.374 e. The fraction of sp³-hybridized carbons (Fsp3) is 0.818. The first-order chi connectivity index (χ1) is 7.77. The lowest BCUT2D eigenvalue weighted by atomic mass is 9.93. The van der Waals surface area contributed by atoms with Gasteiger partial charge >= 0.3 is 0 Å². The standard InChI is InChI=1S/C11H19N3OS/c1-2-15-11(7-5-3-4-6-8-11)9-13-10(12)16-14-9/h2-8H2,1H3,(H2,12,13,14). The fourth-order valence-electron chi connectivity index (χ4n) is 2.43. The Morgan fingerprint density at radius 3 is 2.50 bits per heavy atom. The highest BCUT2D eigenvalue weighted by Crippen LogP contribution is 2.38. The molecule has 0 atom stereocenters. The minimum Gasteiger partial charge on any atom is -0.374 e. The van der Waals surface area contributed by atoms with Crippen LogP contribution in [-0.4, -0.2) is 16.0 Å². The van der Waals surface area contributed by atoms with Gasteiger partial charge in [-0.05, 0) is 19.8 Å². The second-order valence-electron chi connectivity index (χ2n) is 4.30. The van der Waals surface area contributed by atoms with Crippen molar-refractivity contribution < 1.29 is 4.74 Å². The maximum atomic E-state index is 5.98. The van der Waals surface area contributed by atoms with Gasteiger partial charge in [0, 0.05) is 18.1 Å². The number of hydrogen-bond donors (Lipinski definition) is 1. The van der Waals surface area contributed by atoms with E-state index in [-0.39, 0.29) is 5.60 Å². The van der Waals surface area contributed by atoms with E-state index in [4.69, 9.17) is 10.5 Å². The van der Waals surface area contributed by atoms with Crippen LogP contribution in [0.15, 0.2) is 0 Å². The average molecular weight is 241 g/mol. The molecule has 1 aliphatic rings. The second-order valence-corrected chi connectivity index (χ2v) is 5.08. The van der Waals surface area contributed by atoms with E-state index < -0.39 is 0 Å². The van der Waals surface area contributed by atoms with E-state index >= 15 is 0 Å². The Morgan fingerprint density at radius 2 is 2.00 bits per heavy atom. The third-order valence-electron chi connectivity index (χ3n) is 3.18. The molecule has 0 bridgehead atoms. The van der Waals surface area contributed by atoms with Crippen LogP contribution in [-0.2, 0) is 10.3 Å². The van der Waals surface area contributed by atoms with Crippen molar-refractivity contribution in [3.8, 4) is 0 Å². The molecule has 1 aromatic rings. The van der Waals surface area contributed by atoms with Crippen LogP contribution >= 0.6 is 11.5 Å². The predicted octanol–water partition coefficient (Wildman–Crippen LogP) is 2.71. The van der Waals surface area contributed by atoms with Gasteiger partial charge in [0.2, 0.25) is 0 Å². The molecule has 2 rings (SSSR count). The summed E-state index contributed by atoms with van der Waals surface area (Å²) >= 11 is 1.27. The quantitative estimate of drug-likeness (QED) is 0.826. The van der Waals surface area contributed by atoms with Crippen LogP contribution in [0.4, 0.5) is 5.13 Å².